The van der Waals surface area contributed by atoms with Gasteiger partial charge in [0.05, 0.1) is 13.2 Å². The van der Waals surface area contributed by atoms with Gasteiger partial charge < -0.3 is 10.1 Å². The first-order chi connectivity index (χ1) is 14.5. The predicted molar refractivity (Wildman–Crippen MR) is 118 cm³/mol. The van der Waals surface area contributed by atoms with Crippen LogP contribution in [0.3, 0.4) is 0 Å². The lowest BCUT2D eigenvalue weighted by molar-refractivity contribution is 0.0936. The maximum atomic E-state index is 12.9. The Labute approximate surface area is 179 Å². The third kappa shape index (κ3) is 3.85. The third-order valence-electron chi connectivity index (χ3n) is 5.78. The molecule has 3 heterocycles. The zero-order valence-corrected chi connectivity index (χ0v) is 18.3. The average molecular weight is 427 g/mol. The SMILES string of the molecule is COc1cccc([C@@H](CNC(=O)c2cnc3sc(C)c(C)n3c2=O)N2CCCC2)c1. The van der Waals surface area contributed by atoms with Crippen molar-refractivity contribution >= 4 is 22.2 Å². The number of methoxy groups -OCH3 is 1. The molecule has 8 heteroatoms. The number of aromatic nitrogens is 2. The van der Waals surface area contributed by atoms with Gasteiger partial charge in [0.2, 0.25) is 0 Å². The van der Waals surface area contributed by atoms with Crippen molar-refractivity contribution in [3.63, 3.8) is 0 Å². The summed E-state index contributed by atoms with van der Waals surface area (Å²) in [4.78, 5) is 34.1. The molecule has 4 rings (SSSR count). The lowest BCUT2D eigenvalue weighted by Gasteiger charge is -2.28. The number of likely N-dealkylation sites (tertiary alicyclic amines) is 1. The summed E-state index contributed by atoms with van der Waals surface area (Å²) in [6.07, 6.45) is 3.68. The fraction of sp³-hybridized carbons (Fsp3) is 0.409. The highest BCUT2D eigenvalue weighted by atomic mass is 32.1. The Bertz CT molecular complexity index is 1130. The zero-order valence-electron chi connectivity index (χ0n) is 17.5. The Morgan fingerprint density at radius 3 is 2.80 bits per heavy atom. The first-order valence-electron chi connectivity index (χ1n) is 10.1. The molecular formula is C22H26N4O3S. The van der Waals surface area contributed by atoms with E-state index in [0.717, 1.165) is 47.8 Å². The molecule has 1 fully saturated rings. The van der Waals surface area contributed by atoms with Gasteiger partial charge in [-0.2, -0.15) is 0 Å². The molecular weight excluding hydrogens is 400 g/mol. The van der Waals surface area contributed by atoms with E-state index < -0.39 is 5.91 Å². The maximum absolute atomic E-state index is 12.9. The number of hydrogen-bond acceptors (Lipinski definition) is 6. The van der Waals surface area contributed by atoms with E-state index in [0.29, 0.717) is 11.5 Å². The van der Waals surface area contributed by atoms with Gasteiger partial charge in [0, 0.05) is 23.3 Å². The van der Waals surface area contributed by atoms with E-state index in [9.17, 15) is 9.59 Å². The summed E-state index contributed by atoms with van der Waals surface area (Å²) < 4.78 is 6.90. The second-order valence-corrected chi connectivity index (χ2v) is 8.77. The Kier molecular flexibility index (Phi) is 5.87. The van der Waals surface area contributed by atoms with Crippen LogP contribution < -0.4 is 15.6 Å². The highest BCUT2D eigenvalue weighted by molar-refractivity contribution is 7.17. The van der Waals surface area contributed by atoms with Gasteiger partial charge in [0.1, 0.15) is 11.3 Å². The quantitative estimate of drug-likeness (QED) is 0.656. The number of ether oxygens (including phenoxy) is 1. The molecule has 7 nitrogen and oxygen atoms in total. The van der Waals surface area contributed by atoms with E-state index in [4.69, 9.17) is 4.74 Å². The molecule has 1 saturated heterocycles. The molecule has 1 aromatic carbocycles. The highest BCUT2D eigenvalue weighted by Gasteiger charge is 2.25. The van der Waals surface area contributed by atoms with Crippen molar-refractivity contribution in [3.05, 3.63) is 62.5 Å². The zero-order chi connectivity index (χ0) is 21.3. The summed E-state index contributed by atoms with van der Waals surface area (Å²) in [6, 6.07) is 7.96. The average Bonchev–Trinajstić information content (AvgIpc) is 3.37. The summed E-state index contributed by atoms with van der Waals surface area (Å²) >= 11 is 1.45. The number of carbonyl (C=O) groups is 1. The van der Waals surface area contributed by atoms with Crippen molar-refractivity contribution in [3.8, 4) is 5.75 Å². The molecule has 1 aliphatic heterocycles. The summed E-state index contributed by atoms with van der Waals surface area (Å²) in [5.41, 5.74) is 1.66. The van der Waals surface area contributed by atoms with Gasteiger partial charge >= 0.3 is 0 Å². The Morgan fingerprint density at radius 1 is 1.30 bits per heavy atom. The standard InChI is InChI=1S/C22H26N4O3S/c1-14-15(2)30-22-24-12-18(21(28)26(14)22)20(27)23-13-19(25-9-4-5-10-25)16-7-6-8-17(11-16)29-3/h6-8,11-12,19H,4-5,9-10,13H2,1-3H3,(H,23,27)/t19-/m1/s1. The van der Waals surface area contributed by atoms with Crippen LogP contribution in [0.4, 0.5) is 0 Å². The second kappa shape index (κ2) is 8.57. The molecule has 30 heavy (non-hydrogen) atoms. The van der Waals surface area contributed by atoms with Crippen molar-refractivity contribution in [2.45, 2.75) is 32.7 Å². The summed E-state index contributed by atoms with van der Waals surface area (Å²) in [6.45, 7) is 6.21. The van der Waals surface area contributed by atoms with E-state index >= 15 is 0 Å². The molecule has 2 aromatic heterocycles. The molecule has 0 spiro atoms. The number of nitrogens with one attached hydrogen (secondary N) is 1. The van der Waals surface area contributed by atoms with Gasteiger partial charge in [-0.1, -0.05) is 12.1 Å². The second-order valence-electron chi connectivity index (χ2n) is 7.58. The van der Waals surface area contributed by atoms with E-state index in [1.807, 2.05) is 32.0 Å². The lowest BCUT2D eigenvalue weighted by Crippen LogP contribution is -2.39. The van der Waals surface area contributed by atoms with Crippen molar-refractivity contribution in [2.24, 2.45) is 0 Å². The minimum absolute atomic E-state index is 0.0242. The van der Waals surface area contributed by atoms with Crippen LogP contribution in [-0.4, -0.2) is 46.9 Å². The summed E-state index contributed by atoms with van der Waals surface area (Å²) in [5.74, 6) is 0.400. The van der Waals surface area contributed by atoms with Gasteiger partial charge in [0.25, 0.3) is 11.5 Å². The summed E-state index contributed by atoms with van der Waals surface area (Å²) in [7, 11) is 1.65. The number of benzene rings is 1. The number of rotatable bonds is 6. The summed E-state index contributed by atoms with van der Waals surface area (Å²) in [5, 5.41) is 2.97. The van der Waals surface area contributed by atoms with E-state index in [1.165, 1.54) is 21.9 Å². The topological polar surface area (TPSA) is 75.9 Å². The molecule has 1 amide bonds. The van der Waals surface area contributed by atoms with E-state index in [1.54, 1.807) is 7.11 Å². The minimum atomic E-state index is -0.391. The number of amides is 1. The van der Waals surface area contributed by atoms with Crippen LogP contribution >= 0.6 is 11.3 Å². The van der Waals surface area contributed by atoms with Crippen LogP contribution in [-0.2, 0) is 0 Å². The van der Waals surface area contributed by atoms with Gasteiger partial charge in [-0.05, 0) is 57.5 Å². The van der Waals surface area contributed by atoms with Crippen LogP contribution in [0.2, 0.25) is 0 Å². The minimum Gasteiger partial charge on any atom is -0.497 e. The van der Waals surface area contributed by atoms with Gasteiger partial charge in [-0.15, -0.1) is 11.3 Å². The lowest BCUT2D eigenvalue weighted by atomic mass is 10.0. The molecule has 0 radical (unpaired) electrons. The number of thiazole rings is 1. The fourth-order valence-corrected chi connectivity index (χ4v) is 4.91. The number of aryl methyl sites for hydroxylation is 2. The normalized spacial score (nSPS) is 15.4. The molecule has 1 aliphatic rings. The molecule has 1 atom stereocenters. The van der Waals surface area contributed by atoms with E-state index in [2.05, 4.69) is 21.3 Å². The third-order valence-corrected chi connectivity index (χ3v) is 6.85. The Balaban J connectivity index is 1.58. The number of hydrogen-bond donors (Lipinski definition) is 1. The molecule has 0 bridgehead atoms. The van der Waals surface area contributed by atoms with Crippen LogP contribution in [0.15, 0.2) is 35.3 Å². The van der Waals surface area contributed by atoms with Crippen LogP contribution in [0.1, 0.15) is 45.4 Å². The van der Waals surface area contributed by atoms with Crippen molar-refractivity contribution < 1.29 is 9.53 Å². The van der Waals surface area contributed by atoms with Gasteiger partial charge in [-0.3, -0.25) is 18.9 Å². The first-order valence-corrected chi connectivity index (χ1v) is 10.9. The molecule has 0 saturated carbocycles. The molecule has 0 unspecified atom stereocenters. The predicted octanol–water partition coefficient (Wildman–Crippen LogP) is 2.95. The Hall–Kier alpha value is -2.71. The highest BCUT2D eigenvalue weighted by Crippen LogP contribution is 2.27. The number of nitrogens with zero attached hydrogens (tertiary/aromatic N) is 3. The van der Waals surface area contributed by atoms with E-state index in [-0.39, 0.29) is 17.2 Å². The molecule has 1 N–H and O–H groups in total. The van der Waals surface area contributed by atoms with Crippen molar-refractivity contribution in [1.82, 2.24) is 19.6 Å². The largest absolute Gasteiger partial charge is 0.497 e. The molecule has 0 aliphatic carbocycles. The van der Waals surface area contributed by atoms with Gasteiger partial charge in [0.15, 0.2) is 4.96 Å². The first kappa shape index (κ1) is 20.6. The van der Waals surface area contributed by atoms with Crippen LogP contribution in [0, 0.1) is 13.8 Å². The number of carbonyl (C=O) groups excluding carboxylic acids is 1. The van der Waals surface area contributed by atoms with Gasteiger partial charge in [-0.25, -0.2) is 4.98 Å². The van der Waals surface area contributed by atoms with Crippen LogP contribution in [0.25, 0.3) is 4.96 Å². The van der Waals surface area contributed by atoms with Crippen molar-refractivity contribution in [2.75, 3.05) is 26.7 Å². The van der Waals surface area contributed by atoms with Crippen molar-refractivity contribution in [1.29, 1.82) is 0 Å². The molecule has 158 valence electrons. The molecule has 3 aromatic rings. The van der Waals surface area contributed by atoms with Crippen LogP contribution in [0.5, 0.6) is 5.75 Å². The smallest absolute Gasteiger partial charge is 0.271 e. The fourth-order valence-electron chi connectivity index (χ4n) is 3.98. The monoisotopic (exact) mass is 426 g/mol. The Morgan fingerprint density at radius 2 is 2.07 bits per heavy atom. The number of fused-ring (bicyclic) bond motifs is 1. The maximum Gasteiger partial charge on any atom is 0.271 e.